The number of alkyl halides is 6. The van der Waals surface area contributed by atoms with Gasteiger partial charge in [-0.3, -0.25) is 9.69 Å². The first kappa shape index (κ1) is 48.5. The van der Waals surface area contributed by atoms with E-state index in [9.17, 15) is 56.8 Å². The van der Waals surface area contributed by atoms with E-state index < -0.39 is 56.0 Å². The van der Waals surface area contributed by atoms with Gasteiger partial charge in [0.25, 0.3) is 20.0 Å². The number of carboxylic acid groups (broad SMARTS) is 2. The summed E-state index contributed by atoms with van der Waals surface area (Å²) in [5.74, 6) is -6.48. The minimum absolute atomic E-state index is 0.0158. The van der Waals surface area contributed by atoms with Crippen molar-refractivity contribution in [2.24, 2.45) is 0 Å². The molecule has 6 aromatic rings. The molecule has 2 aromatic heterocycles. The van der Waals surface area contributed by atoms with Crippen molar-refractivity contribution >= 4 is 60.1 Å². The van der Waals surface area contributed by atoms with Gasteiger partial charge >= 0.3 is 24.3 Å². The van der Waals surface area contributed by atoms with Crippen LogP contribution in [0.2, 0.25) is 0 Å². The lowest BCUT2D eigenvalue weighted by Crippen LogP contribution is -2.48. The Hall–Kier alpha value is -6.17. The van der Waals surface area contributed by atoms with Gasteiger partial charge < -0.3 is 15.5 Å². The highest BCUT2D eigenvalue weighted by Gasteiger charge is 2.39. The van der Waals surface area contributed by atoms with Crippen LogP contribution >= 0.6 is 0 Å². The Bertz CT molecular complexity index is 2730. The van der Waals surface area contributed by atoms with E-state index in [4.69, 9.17) is 19.8 Å². The molecule has 3 N–H and O–H groups in total. The highest BCUT2D eigenvalue weighted by atomic mass is 32.2. The predicted octanol–water partition coefficient (Wildman–Crippen LogP) is 6.91. The molecule has 3 heterocycles. The van der Waals surface area contributed by atoms with Crippen molar-refractivity contribution in [3.05, 3.63) is 132 Å². The predicted molar refractivity (Wildman–Crippen MR) is 207 cm³/mol. The minimum Gasteiger partial charge on any atom is -0.475 e. The summed E-state index contributed by atoms with van der Waals surface area (Å²) < 4.78 is 143. The summed E-state index contributed by atoms with van der Waals surface area (Å²) in [5, 5.41) is 19.2. The van der Waals surface area contributed by atoms with E-state index in [1.165, 1.54) is 34.4 Å². The zero-order chi connectivity index (χ0) is 46.2. The van der Waals surface area contributed by atoms with Crippen LogP contribution in [-0.4, -0.2) is 96.1 Å². The number of aromatic nitrogens is 2. The number of carbonyl (C=O) groups is 3. The van der Waals surface area contributed by atoms with Crippen molar-refractivity contribution in [1.82, 2.24) is 18.2 Å². The van der Waals surface area contributed by atoms with Crippen LogP contribution in [0.4, 0.5) is 35.1 Å². The molecule has 0 bridgehead atoms. The second kappa shape index (κ2) is 19.7. The fourth-order valence-corrected chi connectivity index (χ4v) is 8.56. The molecule has 62 heavy (non-hydrogen) atoms. The fourth-order valence-electron chi connectivity index (χ4n) is 5.87. The Morgan fingerprint density at radius 3 is 1.53 bits per heavy atom. The summed E-state index contributed by atoms with van der Waals surface area (Å²) in [6.07, 6.45) is -6.53. The second-order valence-electron chi connectivity index (χ2n) is 13.1. The molecular formula is C39H34F8N4O9S2. The zero-order valence-electron chi connectivity index (χ0n) is 31.8. The monoisotopic (exact) mass is 918 g/mol. The number of aldehydes is 1. The largest absolute Gasteiger partial charge is 0.490 e. The van der Waals surface area contributed by atoms with Gasteiger partial charge in [0, 0.05) is 61.0 Å². The molecule has 23 heteroatoms. The first-order chi connectivity index (χ1) is 28.9. The molecule has 7 rings (SSSR count). The number of carboxylic acids is 2. The fraction of sp³-hybridized carbons (Fsp3) is 0.205. The van der Waals surface area contributed by atoms with Gasteiger partial charge in [-0.1, -0.05) is 24.3 Å². The molecule has 0 aliphatic carbocycles. The number of fused-ring (bicyclic) bond motifs is 2. The summed E-state index contributed by atoms with van der Waals surface area (Å²) in [6, 6.07) is 24.0. The maximum Gasteiger partial charge on any atom is 0.490 e. The molecule has 332 valence electrons. The van der Waals surface area contributed by atoms with E-state index in [2.05, 4.69) is 17.1 Å². The van der Waals surface area contributed by atoms with E-state index >= 15 is 0 Å². The van der Waals surface area contributed by atoms with Crippen LogP contribution in [-0.2, 0) is 36.2 Å². The number of benzene rings is 4. The van der Waals surface area contributed by atoms with Gasteiger partial charge in [0.2, 0.25) is 0 Å². The number of nitrogens with zero attached hydrogens (tertiary/aromatic N) is 3. The number of halogens is 8. The van der Waals surface area contributed by atoms with Gasteiger partial charge in [0.1, 0.15) is 11.6 Å². The Kier molecular flexibility index (Phi) is 15.4. The van der Waals surface area contributed by atoms with Crippen LogP contribution in [0.3, 0.4) is 0 Å². The van der Waals surface area contributed by atoms with Crippen molar-refractivity contribution in [3.8, 4) is 0 Å². The third-order valence-corrected chi connectivity index (χ3v) is 12.1. The van der Waals surface area contributed by atoms with Crippen molar-refractivity contribution in [3.63, 3.8) is 0 Å². The lowest BCUT2D eigenvalue weighted by Gasteiger charge is -2.32. The SMILES string of the molecule is CC1CN(Cc2cccc3c2ccn3S(=O)(=O)c2ccc(F)cc2)CCN1.O=C(O)C(F)(F)F.O=C(O)C(F)(F)F.O=Cc1cccc2c1ccn2S(=O)(=O)c1ccc(F)cc1. The molecule has 1 aliphatic rings. The highest BCUT2D eigenvalue weighted by molar-refractivity contribution is 7.90. The second-order valence-corrected chi connectivity index (χ2v) is 16.7. The number of nitrogens with one attached hydrogen (secondary N) is 1. The smallest absolute Gasteiger partial charge is 0.475 e. The van der Waals surface area contributed by atoms with E-state index in [0.29, 0.717) is 34.3 Å². The first-order valence-corrected chi connectivity index (χ1v) is 20.5. The van der Waals surface area contributed by atoms with E-state index in [-0.39, 0.29) is 9.79 Å². The van der Waals surface area contributed by atoms with Crippen molar-refractivity contribution in [2.45, 2.75) is 41.7 Å². The number of hydrogen-bond donors (Lipinski definition) is 3. The topological polar surface area (TPSA) is 185 Å². The first-order valence-electron chi connectivity index (χ1n) is 17.6. The molecule has 0 amide bonds. The van der Waals surface area contributed by atoms with Crippen LogP contribution in [0.1, 0.15) is 22.8 Å². The lowest BCUT2D eigenvalue weighted by atomic mass is 10.1. The van der Waals surface area contributed by atoms with Crippen LogP contribution in [0.15, 0.2) is 119 Å². The quantitative estimate of drug-likeness (QED) is 0.112. The van der Waals surface area contributed by atoms with Gasteiger partial charge in [-0.25, -0.2) is 43.2 Å². The number of aliphatic carboxylic acids is 2. The molecular weight excluding hydrogens is 885 g/mol. The van der Waals surface area contributed by atoms with Gasteiger partial charge in [0.05, 0.1) is 20.8 Å². The molecule has 1 unspecified atom stereocenters. The van der Waals surface area contributed by atoms with Gasteiger partial charge in [-0.2, -0.15) is 26.3 Å². The molecule has 0 radical (unpaired) electrons. The summed E-state index contributed by atoms with van der Waals surface area (Å²) in [6.45, 7) is 5.83. The van der Waals surface area contributed by atoms with Crippen molar-refractivity contribution < 1.29 is 76.6 Å². The molecule has 0 spiro atoms. The normalized spacial score (nSPS) is 14.7. The molecule has 1 saturated heterocycles. The molecule has 4 aromatic carbocycles. The molecule has 1 fully saturated rings. The van der Waals surface area contributed by atoms with Gasteiger partial charge in [-0.15, -0.1) is 0 Å². The summed E-state index contributed by atoms with van der Waals surface area (Å²) >= 11 is 0. The molecule has 13 nitrogen and oxygen atoms in total. The Morgan fingerprint density at radius 1 is 0.694 bits per heavy atom. The van der Waals surface area contributed by atoms with Crippen LogP contribution in [0.25, 0.3) is 21.8 Å². The number of carbonyl (C=O) groups excluding carboxylic acids is 1. The van der Waals surface area contributed by atoms with E-state index in [1.807, 2.05) is 18.2 Å². The van der Waals surface area contributed by atoms with E-state index in [1.54, 1.807) is 36.5 Å². The maximum absolute atomic E-state index is 13.2. The Balaban J connectivity index is 0.000000213. The third kappa shape index (κ3) is 12.0. The lowest BCUT2D eigenvalue weighted by molar-refractivity contribution is -0.193. The standard InChI is InChI=1S/C20H22FN3O2S.C15H10FNO3S.2C2HF3O2/c1-15-13-23(12-10-22-15)14-16-3-2-4-20-19(16)9-11-24(20)27(25,26)18-7-5-17(21)6-8-18;16-12-4-6-13(7-5-12)21(19,20)17-9-8-14-11(10-18)2-1-3-15(14)17;2*3-2(4,5)1(6)7/h2-9,11,15,22H,10,12-14H2,1H3;1-10H;2*(H,6,7). The van der Waals surface area contributed by atoms with Crippen LogP contribution < -0.4 is 5.32 Å². The summed E-state index contributed by atoms with van der Waals surface area (Å²) in [4.78, 5) is 31.2. The average Bonchev–Trinajstić information content (AvgIpc) is 3.85. The van der Waals surface area contributed by atoms with Gasteiger partial charge in [0.15, 0.2) is 6.29 Å². The number of hydrogen-bond acceptors (Lipinski definition) is 9. The minimum atomic E-state index is -5.08. The van der Waals surface area contributed by atoms with Gasteiger partial charge in [-0.05, 0) is 85.3 Å². The number of piperazine rings is 1. The Labute approximate surface area is 347 Å². The average molecular weight is 919 g/mol. The highest BCUT2D eigenvalue weighted by Crippen LogP contribution is 2.27. The van der Waals surface area contributed by atoms with Crippen molar-refractivity contribution in [1.29, 1.82) is 0 Å². The van der Waals surface area contributed by atoms with Crippen LogP contribution in [0, 0.1) is 11.6 Å². The molecule has 0 saturated carbocycles. The van der Waals surface area contributed by atoms with Crippen molar-refractivity contribution in [2.75, 3.05) is 19.6 Å². The third-order valence-electron chi connectivity index (χ3n) is 8.72. The van der Waals surface area contributed by atoms with Crippen LogP contribution in [0.5, 0.6) is 0 Å². The number of rotatable bonds is 7. The summed E-state index contributed by atoms with van der Waals surface area (Å²) in [5.41, 5.74) is 2.57. The zero-order valence-corrected chi connectivity index (χ0v) is 33.4. The molecule has 1 aliphatic heterocycles. The Morgan fingerprint density at radius 2 is 1.11 bits per heavy atom. The summed E-state index contributed by atoms with van der Waals surface area (Å²) in [7, 11) is -7.60. The maximum atomic E-state index is 13.2. The molecule has 1 atom stereocenters. The van der Waals surface area contributed by atoms with E-state index in [0.717, 1.165) is 65.4 Å².